The summed E-state index contributed by atoms with van der Waals surface area (Å²) >= 11 is 22.6. The van der Waals surface area contributed by atoms with E-state index in [1.165, 1.54) is 5.54 Å². The van der Waals surface area contributed by atoms with Gasteiger partial charge in [0, 0.05) is 16.6 Å². The van der Waals surface area contributed by atoms with Crippen molar-refractivity contribution in [1.29, 1.82) is 0 Å². The van der Waals surface area contributed by atoms with Gasteiger partial charge in [0.1, 0.15) is 12.4 Å². The molecule has 0 atom stereocenters. The van der Waals surface area contributed by atoms with Gasteiger partial charge < -0.3 is 4.74 Å². The molecule has 0 saturated heterocycles. The maximum atomic E-state index is 5.84. The van der Waals surface area contributed by atoms with Crippen molar-refractivity contribution in [3.63, 3.8) is 0 Å². The highest BCUT2D eigenvalue weighted by Crippen LogP contribution is 2.28. The maximum absolute atomic E-state index is 5.84. The van der Waals surface area contributed by atoms with Crippen molar-refractivity contribution in [3.8, 4) is 5.75 Å². The average Bonchev–Trinajstić information content (AvgIpc) is 2.19. The SMILES string of the molecule is Cl/C=C(/Cl)COc1cc(Cl)ccc1Cl. The second-order valence-electron chi connectivity index (χ2n) is 2.42. The summed E-state index contributed by atoms with van der Waals surface area (Å²) in [4.78, 5) is 0. The smallest absolute Gasteiger partial charge is 0.139 e. The Labute approximate surface area is 102 Å². The molecule has 0 fully saturated rings. The first-order valence-electron chi connectivity index (χ1n) is 3.66. The van der Waals surface area contributed by atoms with Crippen LogP contribution in [0, 0.1) is 0 Å². The molecule has 0 aliphatic carbocycles. The minimum atomic E-state index is 0.172. The van der Waals surface area contributed by atoms with Gasteiger partial charge in [-0.1, -0.05) is 46.4 Å². The lowest BCUT2D eigenvalue weighted by Gasteiger charge is -2.06. The fraction of sp³-hybridized carbons (Fsp3) is 0.111. The van der Waals surface area contributed by atoms with Crippen molar-refractivity contribution in [1.82, 2.24) is 0 Å². The number of ether oxygens (including phenoxy) is 1. The summed E-state index contributed by atoms with van der Waals surface area (Å²) in [5.41, 5.74) is 1.24. The van der Waals surface area contributed by atoms with Crippen molar-refractivity contribution in [2.75, 3.05) is 6.61 Å². The van der Waals surface area contributed by atoms with E-state index in [1.54, 1.807) is 18.2 Å². The highest BCUT2D eigenvalue weighted by Gasteiger charge is 2.02. The Kier molecular flexibility index (Phi) is 4.90. The van der Waals surface area contributed by atoms with Crippen LogP contribution in [0.4, 0.5) is 0 Å². The number of halogens is 4. The van der Waals surface area contributed by atoms with Crippen LogP contribution in [0.3, 0.4) is 0 Å². The number of benzene rings is 1. The van der Waals surface area contributed by atoms with Gasteiger partial charge in [-0.15, -0.1) is 0 Å². The van der Waals surface area contributed by atoms with E-state index >= 15 is 0 Å². The molecule has 0 aromatic heterocycles. The zero-order chi connectivity index (χ0) is 10.6. The van der Waals surface area contributed by atoms with Crippen LogP contribution in [0.5, 0.6) is 5.75 Å². The first kappa shape index (κ1) is 12.0. The number of hydrogen-bond donors (Lipinski definition) is 0. The van der Waals surface area contributed by atoms with E-state index < -0.39 is 0 Å². The van der Waals surface area contributed by atoms with Crippen LogP contribution in [-0.2, 0) is 0 Å². The summed E-state index contributed by atoms with van der Waals surface area (Å²) in [5.74, 6) is 0.482. The van der Waals surface area contributed by atoms with Gasteiger partial charge in [0.25, 0.3) is 0 Å². The Morgan fingerprint density at radius 1 is 1.36 bits per heavy atom. The van der Waals surface area contributed by atoms with E-state index in [9.17, 15) is 0 Å². The van der Waals surface area contributed by atoms with E-state index in [0.717, 1.165) is 0 Å². The Morgan fingerprint density at radius 2 is 2.07 bits per heavy atom. The van der Waals surface area contributed by atoms with E-state index in [-0.39, 0.29) is 6.61 Å². The van der Waals surface area contributed by atoms with Crippen LogP contribution in [-0.4, -0.2) is 6.61 Å². The molecular formula is C9H6Cl4O. The minimum absolute atomic E-state index is 0.172. The molecule has 76 valence electrons. The Balaban J connectivity index is 2.71. The Hall–Kier alpha value is -0.0800. The van der Waals surface area contributed by atoms with Crippen molar-refractivity contribution >= 4 is 46.4 Å². The summed E-state index contributed by atoms with van der Waals surface area (Å²) in [6, 6.07) is 4.94. The summed E-state index contributed by atoms with van der Waals surface area (Å²) in [6.45, 7) is 0.172. The molecule has 1 aromatic rings. The largest absolute Gasteiger partial charge is 0.486 e. The minimum Gasteiger partial charge on any atom is -0.486 e. The van der Waals surface area contributed by atoms with Gasteiger partial charge in [0.2, 0.25) is 0 Å². The average molecular weight is 272 g/mol. The number of rotatable bonds is 3. The van der Waals surface area contributed by atoms with Crippen molar-refractivity contribution in [3.05, 3.63) is 38.8 Å². The Morgan fingerprint density at radius 3 is 2.71 bits per heavy atom. The quantitative estimate of drug-likeness (QED) is 0.775. The van der Waals surface area contributed by atoms with Gasteiger partial charge in [-0.3, -0.25) is 0 Å². The molecule has 0 amide bonds. The fourth-order valence-electron chi connectivity index (χ4n) is 0.766. The van der Waals surface area contributed by atoms with E-state index in [1.807, 2.05) is 0 Å². The summed E-state index contributed by atoms with van der Waals surface area (Å²) in [5, 5.41) is 1.42. The summed E-state index contributed by atoms with van der Waals surface area (Å²) < 4.78 is 5.27. The standard InChI is InChI=1S/C9H6Cl4O/c10-4-7(12)5-14-9-3-6(11)1-2-8(9)13/h1-4H,5H2/b7-4+. The molecule has 0 radical (unpaired) electrons. The van der Waals surface area contributed by atoms with Crippen LogP contribution in [0.2, 0.25) is 10.0 Å². The molecular weight excluding hydrogens is 266 g/mol. The highest BCUT2D eigenvalue weighted by atomic mass is 35.5. The van der Waals surface area contributed by atoms with E-state index in [0.29, 0.717) is 20.8 Å². The third-order valence-corrected chi connectivity index (χ3v) is 2.52. The number of hydrogen-bond acceptors (Lipinski definition) is 1. The first-order valence-corrected chi connectivity index (χ1v) is 5.23. The molecule has 0 N–H and O–H groups in total. The maximum Gasteiger partial charge on any atom is 0.139 e. The Bertz CT molecular complexity index is 349. The van der Waals surface area contributed by atoms with Crippen LogP contribution >= 0.6 is 46.4 Å². The lowest BCUT2D eigenvalue weighted by atomic mass is 10.3. The van der Waals surface area contributed by atoms with Gasteiger partial charge in [-0.2, -0.15) is 0 Å². The zero-order valence-corrected chi connectivity index (χ0v) is 9.96. The lowest BCUT2D eigenvalue weighted by molar-refractivity contribution is 0.359. The van der Waals surface area contributed by atoms with Gasteiger partial charge in [0.05, 0.1) is 10.1 Å². The van der Waals surface area contributed by atoms with Crippen molar-refractivity contribution in [2.45, 2.75) is 0 Å². The molecule has 0 aliphatic heterocycles. The molecule has 14 heavy (non-hydrogen) atoms. The first-order chi connectivity index (χ1) is 6.63. The topological polar surface area (TPSA) is 9.23 Å². The van der Waals surface area contributed by atoms with Gasteiger partial charge >= 0.3 is 0 Å². The molecule has 0 spiro atoms. The zero-order valence-electron chi connectivity index (χ0n) is 6.94. The summed E-state index contributed by atoms with van der Waals surface area (Å²) in [7, 11) is 0. The molecule has 0 aliphatic rings. The lowest BCUT2D eigenvalue weighted by Crippen LogP contribution is -1.97. The van der Waals surface area contributed by atoms with E-state index in [4.69, 9.17) is 51.1 Å². The molecule has 1 aromatic carbocycles. The molecule has 5 heteroatoms. The summed E-state index contributed by atoms with van der Waals surface area (Å²) in [6.07, 6.45) is 0. The van der Waals surface area contributed by atoms with Gasteiger partial charge in [-0.25, -0.2) is 0 Å². The van der Waals surface area contributed by atoms with Gasteiger partial charge in [-0.05, 0) is 12.1 Å². The molecule has 1 rings (SSSR count). The fourth-order valence-corrected chi connectivity index (χ4v) is 1.22. The highest BCUT2D eigenvalue weighted by molar-refractivity contribution is 6.36. The normalized spacial score (nSPS) is 11.6. The third kappa shape index (κ3) is 3.58. The van der Waals surface area contributed by atoms with Crippen LogP contribution < -0.4 is 4.74 Å². The predicted octanol–water partition coefficient (Wildman–Crippen LogP) is 4.69. The van der Waals surface area contributed by atoms with Crippen LogP contribution in [0.15, 0.2) is 28.8 Å². The third-order valence-electron chi connectivity index (χ3n) is 1.38. The monoisotopic (exact) mass is 270 g/mol. The molecule has 1 nitrogen and oxygen atoms in total. The van der Waals surface area contributed by atoms with Crippen LogP contribution in [0.1, 0.15) is 0 Å². The second-order valence-corrected chi connectivity index (χ2v) is 3.97. The second kappa shape index (κ2) is 5.72. The van der Waals surface area contributed by atoms with Crippen molar-refractivity contribution < 1.29 is 4.74 Å². The molecule has 0 unspecified atom stereocenters. The van der Waals surface area contributed by atoms with E-state index in [2.05, 4.69) is 0 Å². The van der Waals surface area contributed by atoms with Crippen LogP contribution in [0.25, 0.3) is 0 Å². The predicted molar refractivity (Wildman–Crippen MR) is 61.7 cm³/mol. The molecule has 0 heterocycles. The molecule has 0 saturated carbocycles. The van der Waals surface area contributed by atoms with Crippen molar-refractivity contribution in [2.24, 2.45) is 0 Å². The van der Waals surface area contributed by atoms with Gasteiger partial charge in [0.15, 0.2) is 0 Å². The molecule has 0 bridgehead atoms.